The number of fused-ring (bicyclic) bond motifs is 1. The van der Waals surface area contributed by atoms with E-state index in [-0.39, 0.29) is 24.5 Å². The molecule has 1 aliphatic heterocycles. The van der Waals surface area contributed by atoms with Crippen LogP contribution in [0.1, 0.15) is 17.9 Å². The zero-order chi connectivity index (χ0) is 15.1. The summed E-state index contributed by atoms with van der Waals surface area (Å²) in [5.74, 6) is 1.58. The van der Waals surface area contributed by atoms with Gasteiger partial charge in [-0.15, -0.1) is 0 Å². The second-order valence-corrected chi connectivity index (χ2v) is 5.93. The van der Waals surface area contributed by atoms with Crippen molar-refractivity contribution in [2.45, 2.75) is 12.3 Å². The van der Waals surface area contributed by atoms with Crippen molar-refractivity contribution in [1.82, 2.24) is 0 Å². The normalized spacial score (nSPS) is 21.5. The molecule has 4 rings (SSSR count). The van der Waals surface area contributed by atoms with Crippen LogP contribution in [0.25, 0.3) is 0 Å². The Hall–Kier alpha value is -2.20. The Morgan fingerprint density at radius 1 is 1.14 bits per heavy atom. The molecule has 1 aliphatic carbocycles. The van der Waals surface area contributed by atoms with Crippen LogP contribution in [0.15, 0.2) is 42.5 Å². The fraction of sp³-hybridized carbons (Fsp3) is 0.235. The topological polar surface area (TPSA) is 47.6 Å². The standard InChI is InChI=1S/C17H14ClNO3/c18-14-4-2-1-3-11(14)12-8-13(12)17(20)19-10-5-6-15-16(7-10)22-9-21-15/h1-7,12-13H,8-9H2,(H,19,20). The van der Waals surface area contributed by atoms with Crippen molar-refractivity contribution in [3.05, 3.63) is 53.1 Å². The Balaban J connectivity index is 1.45. The number of nitrogens with one attached hydrogen (secondary N) is 1. The fourth-order valence-corrected chi connectivity index (χ4v) is 3.09. The Morgan fingerprint density at radius 3 is 2.82 bits per heavy atom. The minimum absolute atomic E-state index is 0.0174. The highest BCUT2D eigenvalue weighted by atomic mass is 35.5. The van der Waals surface area contributed by atoms with Crippen molar-refractivity contribution in [3.8, 4) is 11.5 Å². The van der Waals surface area contributed by atoms with Crippen LogP contribution in [-0.4, -0.2) is 12.7 Å². The molecule has 1 saturated carbocycles. The van der Waals surface area contributed by atoms with Gasteiger partial charge in [-0.05, 0) is 36.1 Å². The Morgan fingerprint density at radius 2 is 1.95 bits per heavy atom. The van der Waals surface area contributed by atoms with Crippen LogP contribution in [0.2, 0.25) is 5.02 Å². The summed E-state index contributed by atoms with van der Waals surface area (Å²) in [5.41, 5.74) is 1.77. The van der Waals surface area contributed by atoms with E-state index in [2.05, 4.69) is 5.32 Å². The zero-order valence-electron chi connectivity index (χ0n) is 11.7. The van der Waals surface area contributed by atoms with E-state index in [9.17, 15) is 4.79 Å². The molecule has 5 heteroatoms. The number of amides is 1. The van der Waals surface area contributed by atoms with E-state index >= 15 is 0 Å². The van der Waals surface area contributed by atoms with E-state index in [0.29, 0.717) is 11.5 Å². The molecule has 22 heavy (non-hydrogen) atoms. The lowest BCUT2D eigenvalue weighted by Crippen LogP contribution is -2.14. The van der Waals surface area contributed by atoms with Gasteiger partial charge >= 0.3 is 0 Å². The molecule has 4 nitrogen and oxygen atoms in total. The van der Waals surface area contributed by atoms with E-state index in [1.165, 1.54) is 0 Å². The number of rotatable bonds is 3. The molecule has 2 aromatic carbocycles. The number of benzene rings is 2. The maximum Gasteiger partial charge on any atom is 0.231 e. The maximum atomic E-state index is 12.3. The first kappa shape index (κ1) is 13.5. The highest BCUT2D eigenvalue weighted by Gasteiger charge is 2.44. The molecule has 2 aliphatic rings. The summed E-state index contributed by atoms with van der Waals surface area (Å²) >= 11 is 6.19. The van der Waals surface area contributed by atoms with Crippen LogP contribution in [-0.2, 0) is 4.79 Å². The van der Waals surface area contributed by atoms with Gasteiger partial charge in [-0.1, -0.05) is 29.8 Å². The second-order valence-electron chi connectivity index (χ2n) is 5.53. The molecule has 1 amide bonds. The van der Waals surface area contributed by atoms with Gasteiger partial charge in [0.2, 0.25) is 12.7 Å². The first-order valence-corrected chi connectivity index (χ1v) is 7.55. The molecule has 2 aromatic rings. The monoisotopic (exact) mass is 315 g/mol. The van der Waals surface area contributed by atoms with Gasteiger partial charge in [-0.2, -0.15) is 0 Å². The SMILES string of the molecule is O=C(Nc1ccc2c(c1)OCO2)C1CC1c1ccccc1Cl. The van der Waals surface area contributed by atoms with E-state index in [0.717, 1.165) is 22.7 Å². The van der Waals surface area contributed by atoms with Crippen molar-refractivity contribution in [3.63, 3.8) is 0 Å². The number of carbonyl (C=O) groups is 1. The van der Waals surface area contributed by atoms with E-state index in [4.69, 9.17) is 21.1 Å². The van der Waals surface area contributed by atoms with Crippen LogP contribution >= 0.6 is 11.6 Å². The van der Waals surface area contributed by atoms with Crippen molar-refractivity contribution in [2.75, 3.05) is 12.1 Å². The van der Waals surface area contributed by atoms with Crippen molar-refractivity contribution in [1.29, 1.82) is 0 Å². The van der Waals surface area contributed by atoms with Crippen LogP contribution in [0.3, 0.4) is 0 Å². The van der Waals surface area contributed by atoms with Gasteiger partial charge in [0.25, 0.3) is 0 Å². The van der Waals surface area contributed by atoms with Crippen molar-refractivity contribution in [2.24, 2.45) is 5.92 Å². The van der Waals surface area contributed by atoms with Gasteiger partial charge in [0.15, 0.2) is 11.5 Å². The summed E-state index contributed by atoms with van der Waals surface area (Å²) in [4.78, 5) is 12.3. The van der Waals surface area contributed by atoms with E-state index < -0.39 is 0 Å². The quantitative estimate of drug-likeness (QED) is 0.937. The average Bonchev–Trinajstić information content (AvgIpc) is 3.18. The molecule has 0 saturated heterocycles. The van der Waals surface area contributed by atoms with Crippen LogP contribution in [0.4, 0.5) is 5.69 Å². The van der Waals surface area contributed by atoms with Crippen molar-refractivity contribution < 1.29 is 14.3 Å². The van der Waals surface area contributed by atoms with E-state index in [1.807, 2.05) is 30.3 Å². The molecule has 0 spiro atoms. The molecule has 0 radical (unpaired) electrons. The molecule has 0 bridgehead atoms. The average molecular weight is 316 g/mol. The molecule has 1 heterocycles. The fourth-order valence-electron chi connectivity index (χ4n) is 2.81. The third kappa shape index (κ3) is 2.40. The predicted molar refractivity (Wildman–Crippen MR) is 83.5 cm³/mol. The molecule has 112 valence electrons. The molecule has 0 aromatic heterocycles. The number of anilines is 1. The van der Waals surface area contributed by atoms with Gasteiger partial charge in [-0.25, -0.2) is 0 Å². The summed E-state index contributed by atoms with van der Waals surface area (Å²) in [6, 6.07) is 13.1. The first-order valence-electron chi connectivity index (χ1n) is 7.17. The van der Waals surface area contributed by atoms with Crippen molar-refractivity contribution >= 4 is 23.2 Å². The minimum atomic E-state index is -0.0228. The molecular formula is C17H14ClNO3. The maximum absolute atomic E-state index is 12.3. The minimum Gasteiger partial charge on any atom is -0.454 e. The highest BCUT2D eigenvalue weighted by Crippen LogP contribution is 2.50. The Labute approximate surface area is 133 Å². The lowest BCUT2D eigenvalue weighted by Gasteiger charge is -2.07. The molecular weight excluding hydrogens is 302 g/mol. The number of hydrogen-bond acceptors (Lipinski definition) is 3. The number of carbonyl (C=O) groups excluding carboxylic acids is 1. The van der Waals surface area contributed by atoms with E-state index in [1.54, 1.807) is 12.1 Å². The number of hydrogen-bond donors (Lipinski definition) is 1. The van der Waals surface area contributed by atoms with Gasteiger partial charge in [0.05, 0.1) is 0 Å². The molecule has 1 fully saturated rings. The summed E-state index contributed by atoms with van der Waals surface area (Å²) in [6.07, 6.45) is 0.833. The molecule has 2 unspecified atom stereocenters. The first-order chi connectivity index (χ1) is 10.7. The van der Waals surface area contributed by atoms with Gasteiger partial charge in [0, 0.05) is 22.7 Å². The molecule has 2 atom stereocenters. The summed E-state index contributed by atoms with van der Waals surface area (Å²) in [5, 5.41) is 3.66. The lowest BCUT2D eigenvalue weighted by molar-refractivity contribution is -0.117. The summed E-state index contributed by atoms with van der Waals surface area (Å²) in [6.45, 7) is 0.226. The lowest BCUT2D eigenvalue weighted by atomic mass is 10.1. The largest absolute Gasteiger partial charge is 0.454 e. The smallest absolute Gasteiger partial charge is 0.231 e. The highest BCUT2D eigenvalue weighted by molar-refractivity contribution is 6.31. The second kappa shape index (κ2) is 5.21. The third-order valence-electron chi connectivity index (χ3n) is 4.07. The Kier molecular flexibility index (Phi) is 3.19. The van der Waals surface area contributed by atoms with Crippen LogP contribution in [0.5, 0.6) is 11.5 Å². The van der Waals surface area contributed by atoms with Crippen LogP contribution < -0.4 is 14.8 Å². The van der Waals surface area contributed by atoms with Gasteiger partial charge in [-0.3, -0.25) is 4.79 Å². The Bertz CT molecular complexity index is 746. The third-order valence-corrected chi connectivity index (χ3v) is 4.42. The number of halogens is 1. The summed E-state index contributed by atoms with van der Waals surface area (Å²) < 4.78 is 10.6. The number of ether oxygens (including phenoxy) is 2. The predicted octanol–water partition coefficient (Wildman–Crippen LogP) is 3.81. The summed E-state index contributed by atoms with van der Waals surface area (Å²) in [7, 11) is 0. The molecule has 1 N–H and O–H groups in total. The van der Waals surface area contributed by atoms with Crippen LogP contribution in [0, 0.1) is 5.92 Å². The van der Waals surface area contributed by atoms with Gasteiger partial charge in [0.1, 0.15) is 0 Å². The zero-order valence-corrected chi connectivity index (χ0v) is 12.5. The van der Waals surface area contributed by atoms with Gasteiger partial charge < -0.3 is 14.8 Å².